The van der Waals surface area contributed by atoms with Gasteiger partial charge in [0.1, 0.15) is 5.69 Å². The molecule has 4 aromatic rings. The van der Waals surface area contributed by atoms with E-state index in [2.05, 4.69) is 25.4 Å². The molecular weight excluding hydrogens is 398 g/mol. The fourth-order valence-corrected chi connectivity index (χ4v) is 3.70. The molecule has 6 heterocycles. The minimum Gasteiger partial charge on any atom is -0.255 e. The van der Waals surface area contributed by atoms with Crippen LogP contribution in [0.25, 0.3) is 46.6 Å². The molecule has 0 aromatic carbocycles. The number of aromatic nitrogens is 7. The van der Waals surface area contributed by atoms with E-state index in [1.807, 2.05) is 94.0 Å². The molecule has 32 heavy (non-hydrogen) atoms. The fourth-order valence-electron chi connectivity index (χ4n) is 3.70. The van der Waals surface area contributed by atoms with Crippen molar-refractivity contribution >= 4 is 35.3 Å². The summed E-state index contributed by atoms with van der Waals surface area (Å²) in [5.74, 6) is 0. The van der Waals surface area contributed by atoms with Gasteiger partial charge >= 0.3 is 0 Å². The van der Waals surface area contributed by atoms with Crippen LogP contribution in [0.4, 0.5) is 0 Å². The third kappa shape index (κ3) is 3.22. The lowest BCUT2D eigenvalue weighted by Gasteiger charge is -1.95. The maximum absolute atomic E-state index is 4.56. The number of hydrogen-bond donors (Lipinski definition) is 0. The second kappa shape index (κ2) is 7.55. The largest absolute Gasteiger partial charge is 0.255 e. The number of rotatable bonds is 4. The van der Waals surface area contributed by atoms with Crippen molar-refractivity contribution in [1.82, 2.24) is 34.4 Å². The van der Waals surface area contributed by atoms with Gasteiger partial charge in [-0.2, -0.15) is 10.2 Å². The first-order valence-corrected chi connectivity index (χ1v) is 10.2. The lowest BCUT2D eigenvalue weighted by atomic mass is 10.1. The maximum Gasteiger partial charge on any atom is 0.113 e. The Kier molecular flexibility index (Phi) is 4.28. The molecule has 0 aliphatic carbocycles. The van der Waals surface area contributed by atoms with E-state index in [0.717, 1.165) is 45.1 Å². The quantitative estimate of drug-likeness (QED) is 0.420. The van der Waals surface area contributed by atoms with Gasteiger partial charge in [-0.1, -0.05) is 0 Å². The average molecular weight is 415 g/mol. The summed E-state index contributed by atoms with van der Waals surface area (Å²) in [5, 5.41) is 17.4. The molecule has 152 valence electrons. The predicted octanol–water partition coefficient (Wildman–Crippen LogP) is 4.61. The Morgan fingerprint density at radius 3 is 2.03 bits per heavy atom. The van der Waals surface area contributed by atoms with Crippen molar-refractivity contribution in [2.75, 3.05) is 0 Å². The van der Waals surface area contributed by atoms with Crippen LogP contribution >= 0.6 is 0 Å². The van der Waals surface area contributed by atoms with Gasteiger partial charge in [0.25, 0.3) is 0 Å². The monoisotopic (exact) mass is 415 g/mol. The second-order valence-corrected chi connectivity index (χ2v) is 7.30. The van der Waals surface area contributed by atoms with E-state index in [1.165, 1.54) is 0 Å². The lowest BCUT2D eigenvalue weighted by Crippen LogP contribution is -1.90. The molecule has 0 saturated carbocycles. The highest BCUT2D eigenvalue weighted by Gasteiger charge is 2.10. The SMILES string of the molecule is C(=C\c1ccc2cccnn12)/c1ccc2c(/C=C/c3ccc4cccnn34)nnc-2cn1. The first-order chi connectivity index (χ1) is 15.8. The summed E-state index contributed by atoms with van der Waals surface area (Å²) < 4.78 is 3.78. The summed E-state index contributed by atoms with van der Waals surface area (Å²) in [6.07, 6.45) is 13.2. The molecule has 0 fully saturated rings. The number of fused-ring (bicyclic) bond motifs is 3. The van der Waals surface area contributed by atoms with Crippen molar-refractivity contribution in [3.63, 3.8) is 0 Å². The standard InChI is InChI=1S/C25H17N7/c1-3-19-8-10-21(31(19)27-15-1)7-5-18-6-13-23-24(29-30-25(23)17-26-18)14-12-22-11-9-20-4-2-16-28-32(20)22/h1-17H/b7-5+,14-12+. The third-order valence-corrected chi connectivity index (χ3v) is 5.31. The summed E-state index contributed by atoms with van der Waals surface area (Å²) in [6, 6.07) is 20.0. The molecule has 0 bridgehead atoms. The minimum atomic E-state index is 0.747. The van der Waals surface area contributed by atoms with Crippen LogP contribution in [-0.2, 0) is 0 Å². The molecule has 0 saturated heterocycles. The van der Waals surface area contributed by atoms with Crippen LogP contribution in [0.5, 0.6) is 0 Å². The van der Waals surface area contributed by atoms with E-state index in [4.69, 9.17) is 0 Å². The van der Waals surface area contributed by atoms with Crippen LogP contribution in [0.3, 0.4) is 0 Å². The van der Waals surface area contributed by atoms with E-state index >= 15 is 0 Å². The van der Waals surface area contributed by atoms with Crippen molar-refractivity contribution in [1.29, 1.82) is 0 Å². The number of nitrogens with zero attached hydrogens (tertiary/aromatic N) is 7. The van der Waals surface area contributed by atoms with Crippen LogP contribution in [-0.4, -0.2) is 34.4 Å². The van der Waals surface area contributed by atoms with Crippen LogP contribution < -0.4 is 0 Å². The second-order valence-electron chi connectivity index (χ2n) is 7.30. The van der Waals surface area contributed by atoms with E-state index in [9.17, 15) is 0 Å². The smallest absolute Gasteiger partial charge is 0.113 e. The Hall–Kier alpha value is -4.65. The van der Waals surface area contributed by atoms with E-state index in [0.29, 0.717) is 0 Å². The van der Waals surface area contributed by atoms with Gasteiger partial charge in [-0.3, -0.25) is 4.98 Å². The van der Waals surface area contributed by atoms with E-state index in [-0.39, 0.29) is 0 Å². The minimum absolute atomic E-state index is 0.747. The highest BCUT2D eigenvalue weighted by molar-refractivity contribution is 5.78. The molecule has 2 aliphatic rings. The predicted molar refractivity (Wildman–Crippen MR) is 125 cm³/mol. The Bertz CT molecular complexity index is 1590. The Morgan fingerprint density at radius 1 is 0.625 bits per heavy atom. The summed E-state index contributed by atoms with van der Waals surface area (Å²) in [4.78, 5) is 4.56. The molecule has 0 amide bonds. The van der Waals surface area contributed by atoms with Gasteiger partial charge in [-0.05, 0) is 85.0 Å². The van der Waals surface area contributed by atoms with Crippen molar-refractivity contribution in [3.05, 3.63) is 102 Å². The molecule has 0 unspecified atom stereocenters. The molecule has 0 atom stereocenters. The van der Waals surface area contributed by atoms with Gasteiger partial charge in [0.05, 0.1) is 40.0 Å². The summed E-state index contributed by atoms with van der Waals surface area (Å²) in [5.41, 5.74) is 7.37. The topological polar surface area (TPSA) is 73.3 Å². The van der Waals surface area contributed by atoms with Gasteiger partial charge in [0.2, 0.25) is 0 Å². The van der Waals surface area contributed by atoms with Crippen molar-refractivity contribution < 1.29 is 0 Å². The van der Waals surface area contributed by atoms with Gasteiger partial charge in [0.15, 0.2) is 0 Å². The van der Waals surface area contributed by atoms with Crippen molar-refractivity contribution in [3.8, 4) is 11.3 Å². The van der Waals surface area contributed by atoms with E-state index < -0.39 is 0 Å². The highest BCUT2D eigenvalue weighted by Crippen LogP contribution is 2.24. The zero-order valence-corrected chi connectivity index (χ0v) is 16.9. The first-order valence-electron chi connectivity index (χ1n) is 10.2. The maximum atomic E-state index is 4.56. The van der Waals surface area contributed by atoms with Crippen molar-refractivity contribution in [2.24, 2.45) is 0 Å². The zero-order valence-electron chi connectivity index (χ0n) is 16.9. The van der Waals surface area contributed by atoms with Crippen LogP contribution in [0.1, 0.15) is 22.8 Å². The molecular formula is C25H17N7. The Labute approximate surface area is 183 Å². The fraction of sp³-hybridized carbons (Fsp3) is 0. The summed E-state index contributed by atoms with van der Waals surface area (Å²) in [6.45, 7) is 0. The molecule has 7 nitrogen and oxygen atoms in total. The normalized spacial score (nSPS) is 12.1. The summed E-state index contributed by atoms with van der Waals surface area (Å²) >= 11 is 0. The van der Waals surface area contributed by atoms with E-state index in [1.54, 1.807) is 18.6 Å². The molecule has 0 N–H and O–H groups in total. The lowest BCUT2D eigenvalue weighted by molar-refractivity contribution is 0.931. The van der Waals surface area contributed by atoms with Crippen molar-refractivity contribution in [2.45, 2.75) is 0 Å². The van der Waals surface area contributed by atoms with Gasteiger partial charge < -0.3 is 0 Å². The highest BCUT2D eigenvalue weighted by atomic mass is 15.2. The molecule has 4 aromatic heterocycles. The van der Waals surface area contributed by atoms with Gasteiger partial charge in [0, 0.05) is 18.0 Å². The van der Waals surface area contributed by atoms with Crippen LogP contribution in [0.2, 0.25) is 0 Å². The molecule has 7 heteroatoms. The average Bonchev–Trinajstić information content (AvgIpc) is 3.51. The van der Waals surface area contributed by atoms with Crippen LogP contribution in [0, 0.1) is 0 Å². The molecule has 0 spiro atoms. The first kappa shape index (κ1) is 18.1. The Balaban J connectivity index is 1.30. The zero-order chi connectivity index (χ0) is 21.3. The third-order valence-electron chi connectivity index (χ3n) is 5.31. The molecule has 0 radical (unpaired) electrons. The number of hydrogen-bond acceptors (Lipinski definition) is 5. The van der Waals surface area contributed by atoms with Gasteiger partial charge in [-0.15, -0.1) is 10.2 Å². The summed E-state index contributed by atoms with van der Waals surface area (Å²) in [7, 11) is 0. The van der Waals surface area contributed by atoms with Crippen LogP contribution in [0.15, 0.2) is 79.3 Å². The van der Waals surface area contributed by atoms with Gasteiger partial charge in [-0.25, -0.2) is 9.03 Å². The molecule has 2 aliphatic heterocycles. The Morgan fingerprint density at radius 2 is 1.31 bits per heavy atom. The molecule has 6 rings (SSSR count).